The number of imidazole rings is 1. The van der Waals surface area contributed by atoms with E-state index in [1.165, 1.54) is 28.2 Å². The number of aliphatic hydroxyl groups excluding tert-OH is 2. The second kappa shape index (κ2) is 8.73. The summed E-state index contributed by atoms with van der Waals surface area (Å²) in [6, 6.07) is 8.33. The molecular weight excluding hydrogens is 453 g/mol. The van der Waals surface area contributed by atoms with Crippen molar-refractivity contribution in [1.82, 2.24) is 19.6 Å². The van der Waals surface area contributed by atoms with Gasteiger partial charge in [0.25, 0.3) is 0 Å². The number of anilines is 1. The van der Waals surface area contributed by atoms with E-state index >= 15 is 0 Å². The molecule has 1 aliphatic carbocycles. The highest BCUT2D eigenvalue weighted by molar-refractivity contribution is 7.51. The Hall–Kier alpha value is -2.44. The molecule has 13 heteroatoms. The first-order chi connectivity index (χ1) is 15.8. The zero-order valence-electron chi connectivity index (χ0n) is 17.4. The molecule has 0 amide bonds. The van der Waals surface area contributed by atoms with Crippen LogP contribution in [-0.4, -0.2) is 70.8 Å². The smallest absolute Gasteiger partial charge is 0.350 e. The largest absolute Gasteiger partial charge is 0.387 e. The summed E-state index contributed by atoms with van der Waals surface area (Å²) in [6.45, 7) is -0.292. The van der Waals surface area contributed by atoms with Crippen molar-refractivity contribution in [3.05, 3.63) is 53.6 Å². The van der Waals surface area contributed by atoms with E-state index in [1.54, 1.807) is 0 Å². The van der Waals surface area contributed by atoms with Gasteiger partial charge in [-0.3, -0.25) is 4.57 Å². The predicted molar refractivity (Wildman–Crippen MR) is 114 cm³/mol. The number of nitrogens with one attached hydrogen (secondary N) is 1. The van der Waals surface area contributed by atoms with Gasteiger partial charge in [0.2, 0.25) is 0 Å². The van der Waals surface area contributed by atoms with Gasteiger partial charge >= 0.3 is 7.60 Å². The van der Waals surface area contributed by atoms with Crippen LogP contribution < -0.4 is 5.32 Å². The van der Waals surface area contributed by atoms with Gasteiger partial charge in [-0.25, -0.2) is 14.5 Å². The summed E-state index contributed by atoms with van der Waals surface area (Å²) in [5.74, 6) is 0.535. The Kier molecular flexibility index (Phi) is 5.91. The van der Waals surface area contributed by atoms with Gasteiger partial charge in [0.05, 0.1) is 24.5 Å². The van der Waals surface area contributed by atoms with Crippen LogP contribution in [-0.2, 0) is 20.5 Å². The van der Waals surface area contributed by atoms with Gasteiger partial charge in [0, 0.05) is 0 Å². The number of benzene rings is 1. The maximum Gasteiger partial charge on any atom is 0.350 e. The van der Waals surface area contributed by atoms with Crippen molar-refractivity contribution in [2.75, 3.05) is 18.3 Å². The standard InChI is InChI=1S/C20H24N5O7P/c26-16-15(8-31-10-33(28,29)30)32-18(17(16)27)14-7-21-20-19(22-9-23-25(14)20)24-13-6-5-11-3-1-2-4-12(11)13/h1-4,7,9,13,15-18,26-27H,5-6,8,10H2,(H,22,23,24)(H2,28,29,30)/t13?,15-,16-,17-,18+/m1/s1. The number of fused-ring (bicyclic) bond motifs is 2. The van der Waals surface area contributed by atoms with Crippen LogP contribution in [0.3, 0.4) is 0 Å². The fourth-order valence-electron chi connectivity index (χ4n) is 4.42. The summed E-state index contributed by atoms with van der Waals surface area (Å²) in [5, 5.41) is 28.6. The average molecular weight is 477 g/mol. The van der Waals surface area contributed by atoms with Crippen LogP contribution in [0, 0.1) is 0 Å². The van der Waals surface area contributed by atoms with Gasteiger partial charge in [-0.1, -0.05) is 24.3 Å². The van der Waals surface area contributed by atoms with Crippen molar-refractivity contribution < 1.29 is 34.0 Å². The maximum atomic E-state index is 11.0. The molecule has 1 aliphatic heterocycles. The molecule has 2 aliphatic rings. The molecule has 1 fully saturated rings. The van der Waals surface area contributed by atoms with Crippen molar-refractivity contribution in [2.45, 2.75) is 43.3 Å². The monoisotopic (exact) mass is 477 g/mol. The highest BCUT2D eigenvalue weighted by Crippen LogP contribution is 2.38. The molecule has 1 unspecified atom stereocenters. The number of hydrogen-bond acceptors (Lipinski definition) is 9. The van der Waals surface area contributed by atoms with Crippen LogP contribution in [0.5, 0.6) is 0 Å². The molecule has 33 heavy (non-hydrogen) atoms. The number of aryl methyl sites for hydroxylation is 1. The molecule has 12 nitrogen and oxygen atoms in total. The second-order valence-corrected chi connectivity index (χ2v) is 9.79. The Morgan fingerprint density at radius 1 is 1.21 bits per heavy atom. The quantitative estimate of drug-likeness (QED) is 0.301. The lowest BCUT2D eigenvalue weighted by atomic mass is 10.1. The molecular formula is C20H24N5O7P. The molecule has 5 atom stereocenters. The van der Waals surface area contributed by atoms with E-state index in [1.807, 2.05) is 12.1 Å². The number of aromatic nitrogens is 4. The van der Waals surface area contributed by atoms with Gasteiger partial charge in [0.15, 0.2) is 11.5 Å². The van der Waals surface area contributed by atoms with Crippen LogP contribution in [0.4, 0.5) is 5.82 Å². The molecule has 5 rings (SSSR count). The third-order valence-corrected chi connectivity index (χ3v) is 6.49. The minimum Gasteiger partial charge on any atom is -0.387 e. The first kappa shape index (κ1) is 22.4. The lowest BCUT2D eigenvalue weighted by molar-refractivity contribution is -0.0402. The number of hydrogen-bond donors (Lipinski definition) is 5. The zero-order chi connectivity index (χ0) is 23.2. The Bertz CT molecular complexity index is 1200. The summed E-state index contributed by atoms with van der Waals surface area (Å²) >= 11 is 0. The van der Waals surface area contributed by atoms with Gasteiger partial charge < -0.3 is 34.8 Å². The number of aliphatic hydroxyl groups is 2. The van der Waals surface area contributed by atoms with Crippen molar-refractivity contribution in [1.29, 1.82) is 0 Å². The van der Waals surface area contributed by atoms with Gasteiger partial charge in [-0.2, -0.15) is 5.10 Å². The lowest BCUT2D eigenvalue weighted by Gasteiger charge is -2.16. The Labute approximate surface area is 188 Å². The molecule has 0 spiro atoms. The third kappa shape index (κ3) is 4.38. The van der Waals surface area contributed by atoms with E-state index in [9.17, 15) is 14.8 Å². The van der Waals surface area contributed by atoms with Crippen molar-refractivity contribution >= 4 is 19.1 Å². The first-order valence-corrected chi connectivity index (χ1v) is 12.3. The van der Waals surface area contributed by atoms with Crippen LogP contribution in [0.1, 0.15) is 35.4 Å². The lowest BCUT2D eigenvalue weighted by Crippen LogP contribution is -2.33. The summed E-state index contributed by atoms with van der Waals surface area (Å²) in [6.07, 6.45) is -0.589. The Morgan fingerprint density at radius 2 is 2.03 bits per heavy atom. The van der Waals surface area contributed by atoms with E-state index < -0.39 is 38.4 Å². The minimum atomic E-state index is -4.35. The summed E-state index contributed by atoms with van der Waals surface area (Å²) in [7, 11) is -4.35. The van der Waals surface area contributed by atoms with E-state index in [0.29, 0.717) is 17.2 Å². The highest BCUT2D eigenvalue weighted by atomic mass is 31.2. The first-order valence-electron chi connectivity index (χ1n) is 10.5. The second-order valence-electron chi connectivity index (χ2n) is 8.20. The fourth-order valence-corrected chi connectivity index (χ4v) is 4.76. The molecule has 3 aromatic rings. The number of rotatable bonds is 7. The Balaban J connectivity index is 1.35. The van der Waals surface area contributed by atoms with Crippen molar-refractivity contribution in [3.8, 4) is 0 Å². The normalized spacial score (nSPS) is 27.2. The fraction of sp³-hybridized carbons (Fsp3) is 0.450. The van der Waals surface area contributed by atoms with Gasteiger partial charge in [-0.05, 0) is 24.0 Å². The molecule has 5 N–H and O–H groups in total. The van der Waals surface area contributed by atoms with Gasteiger partial charge in [0.1, 0.15) is 37.1 Å². The van der Waals surface area contributed by atoms with Crippen molar-refractivity contribution in [3.63, 3.8) is 0 Å². The van der Waals surface area contributed by atoms with Crippen LogP contribution in [0.25, 0.3) is 5.65 Å². The van der Waals surface area contributed by atoms with Crippen molar-refractivity contribution in [2.24, 2.45) is 0 Å². The zero-order valence-corrected chi connectivity index (χ0v) is 18.3. The SMILES string of the molecule is O=P(O)(O)COC[C@H]1O[C@@H](c2cnc3c(NC4CCc5ccccc54)ncnn23)[C@H](O)[C@@H]1O. The third-order valence-electron chi connectivity index (χ3n) is 5.97. The van der Waals surface area contributed by atoms with E-state index in [4.69, 9.17) is 19.3 Å². The van der Waals surface area contributed by atoms with Crippen LogP contribution >= 0.6 is 7.60 Å². The number of ether oxygens (including phenoxy) is 2. The number of nitrogens with zero attached hydrogens (tertiary/aromatic N) is 4. The predicted octanol–water partition coefficient (Wildman–Crippen LogP) is 0.537. The minimum absolute atomic E-state index is 0.0887. The maximum absolute atomic E-state index is 11.0. The summed E-state index contributed by atoms with van der Waals surface area (Å²) in [4.78, 5) is 26.6. The van der Waals surface area contributed by atoms with E-state index in [2.05, 4.69) is 32.5 Å². The van der Waals surface area contributed by atoms with Crippen LogP contribution in [0.2, 0.25) is 0 Å². The molecule has 2 aromatic heterocycles. The summed E-state index contributed by atoms with van der Waals surface area (Å²) < 4.78 is 23.2. The molecule has 0 radical (unpaired) electrons. The molecule has 3 heterocycles. The molecule has 176 valence electrons. The van der Waals surface area contributed by atoms with Gasteiger partial charge in [-0.15, -0.1) is 0 Å². The molecule has 0 bridgehead atoms. The van der Waals surface area contributed by atoms with E-state index in [0.717, 1.165) is 12.8 Å². The van der Waals surface area contributed by atoms with E-state index in [-0.39, 0.29) is 12.6 Å². The average Bonchev–Trinajstić information content (AvgIpc) is 3.46. The summed E-state index contributed by atoms with van der Waals surface area (Å²) in [5.41, 5.74) is 3.37. The molecule has 1 aromatic carbocycles. The highest BCUT2D eigenvalue weighted by Gasteiger charge is 2.45. The van der Waals surface area contributed by atoms with Crippen LogP contribution in [0.15, 0.2) is 36.8 Å². The topological polar surface area (TPSA) is 172 Å². The molecule has 0 saturated carbocycles. The Morgan fingerprint density at radius 3 is 2.85 bits per heavy atom. The molecule has 1 saturated heterocycles.